The van der Waals surface area contributed by atoms with Gasteiger partial charge in [0.05, 0.1) is 0 Å². The van der Waals surface area contributed by atoms with Crippen LogP contribution in [0.1, 0.15) is 26.2 Å². The molecule has 1 aliphatic carbocycles. The molecule has 0 heterocycles. The third kappa shape index (κ3) is 2.76. The van der Waals surface area contributed by atoms with E-state index in [0.717, 1.165) is 25.0 Å². The van der Waals surface area contributed by atoms with Gasteiger partial charge in [-0.05, 0) is 25.3 Å². The Kier molecular flexibility index (Phi) is 3.17. The molecule has 0 aromatic carbocycles. The number of allylic oxidation sites excluding steroid dienone is 4. The van der Waals surface area contributed by atoms with E-state index in [0.29, 0.717) is 0 Å². The molecule has 1 atom stereocenters. The highest BCUT2D eigenvalue weighted by molar-refractivity contribution is 5.16. The summed E-state index contributed by atoms with van der Waals surface area (Å²) in [6, 6.07) is 0. The minimum atomic E-state index is -0.382. The Bertz CT molecular complexity index is 172. The Labute approximate surface area is 67.6 Å². The fourth-order valence-corrected chi connectivity index (χ4v) is 1.04. The molecule has 0 saturated carbocycles. The summed E-state index contributed by atoms with van der Waals surface area (Å²) in [5.74, 6) is 0. The van der Waals surface area contributed by atoms with Gasteiger partial charge in [0, 0.05) is 5.70 Å². The molecule has 0 aliphatic heterocycles. The zero-order chi connectivity index (χ0) is 8.10. The molecule has 1 rings (SSSR count). The van der Waals surface area contributed by atoms with Gasteiger partial charge in [-0.25, -0.2) is 0 Å². The molecular formula is C9H15NO. The van der Waals surface area contributed by atoms with Crippen LogP contribution in [0.5, 0.6) is 0 Å². The van der Waals surface area contributed by atoms with Crippen LogP contribution >= 0.6 is 0 Å². The van der Waals surface area contributed by atoms with E-state index in [1.807, 2.05) is 19.1 Å². The SMILES string of the molecule is CCC(O)NC1=CC=CCC1. The van der Waals surface area contributed by atoms with Crippen molar-refractivity contribution in [3.05, 3.63) is 23.9 Å². The van der Waals surface area contributed by atoms with Crippen molar-refractivity contribution in [1.82, 2.24) is 5.32 Å². The van der Waals surface area contributed by atoms with Crippen LogP contribution in [-0.4, -0.2) is 11.3 Å². The monoisotopic (exact) mass is 153 g/mol. The van der Waals surface area contributed by atoms with Gasteiger partial charge in [0.25, 0.3) is 0 Å². The van der Waals surface area contributed by atoms with Crippen LogP contribution in [0.3, 0.4) is 0 Å². The molecule has 0 fully saturated rings. The lowest BCUT2D eigenvalue weighted by Crippen LogP contribution is -2.27. The van der Waals surface area contributed by atoms with Gasteiger partial charge in [-0.3, -0.25) is 0 Å². The smallest absolute Gasteiger partial charge is 0.123 e. The van der Waals surface area contributed by atoms with E-state index in [1.165, 1.54) is 0 Å². The fraction of sp³-hybridized carbons (Fsp3) is 0.556. The third-order valence-electron chi connectivity index (χ3n) is 1.75. The first kappa shape index (κ1) is 8.34. The Morgan fingerprint density at radius 2 is 2.55 bits per heavy atom. The van der Waals surface area contributed by atoms with E-state index in [4.69, 9.17) is 0 Å². The van der Waals surface area contributed by atoms with Crippen molar-refractivity contribution in [2.24, 2.45) is 0 Å². The highest BCUT2D eigenvalue weighted by Gasteiger charge is 2.02. The maximum Gasteiger partial charge on any atom is 0.123 e. The van der Waals surface area contributed by atoms with E-state index < -0.39 is 0 Å². The molecule has 2 heteroatoms. The second-order valence-electron chi connectivity index (χ2n) is 2.73. The van der Waals surface area contributed by atoms with Gasteiger partial charge < -0.3 is 10.4 Å². The molecule has 0 saturated heterocycles. The maximum atomic E-state index is 9.23. The predicted molar refractivity (Wildman–Crippen MR) is 45.9 cm³/mol. The second kappa shape index (κ2) is 4.19. The number of rotatable bonds is 3. The van der Waals surface area contributed by atoms with E-state index in [9.17, 15) is 5.11 Å². The molecule has 62 valence electrons. The summed E-state index contributed by atoms with van der Waals surface area (Å²) in [6.07, 6.45) is 8.64. The van der Waals surface area contributed by atoms with Gasteiger partial charge >= 0.3 is 0 Å². The lowest BCUT2D eigenvalue weighted by atomic mass is 10.1. The van der Waals surface area contributed by atoms with Gasteiger partial charge in [0.15, 0.2) is 0 Å². The summed E-state index contributed by atoms with van der Waals surface area (Å²) in [7, 11) is 0. The van der Waals surface area contributed by atoms with Gasteiger partial charge in [-0.2, -0.15) is 0 Å². The molecule has 0 aromatic rings. The van der Waals surface area contributed by atoms with Crippen LogP contribution in [0.4, 0.5) is 0 Å². The fourth-order valence-electron chi connectivity index (χ4n) is 1.04. The average molecular weight is 153 g/mol. The van der Waals surface area contributed by atoms with Crippen molar-refractivity contribution < 1.29 is 5.11 Å². The quantitative estimate of drug-likeness (QED) is 0.603. The lowest BCUT2D eigenvalue weighted by Gasteiger charge is -2.16. The van der Waals surface area contributed by atoms with E-state index >= 15 is 0 Å². The second-order valence-corrected chi connectivity index (χ2v) is 2.73. The molecule has 0 radical (unpaired) electrons. The molecule has 0 bridgehead atoms. The molecule has 1 aliphatic rings. The minimum Gasteiger partial charge on any atom is -0.374 e. The van der Waals surface area contributed by atoms with Crippen LogP contribution in [0.25, 0.3) is 0 Å². The lowest BCUT2D eigenvalue weighted by molar-refractivity contribution is 0.143. The summed E-state index contributed by atoms with van der Waals surface area (Å²) in [4.78, 5) is 0. The normalized spacial score (nSPS) is 19.3. The molecule has 0 amide bonds. The third-order valence-corrected chi connectivity index (χ3v) is 1.75. The summed E-state index contributed by atoms with van der Waals surface area (Å²) in [5.41, 5.74) is 1.14. The Balaban J connectivity index is 2.35. The standard InChI is InChI=1S/C9H15NO/c1-2-9(11)10-8-6-4-3-5-7-8/h3-4,6,9-11H,2,5,7H2,1H3. The average Bonchev–Trinajstić information content (AvgIpc) is 2.06. The summed E-state index contributed by atoms with van der Waals surface area (Å²) >= 11 is 0. The number of hydrogen-bond donors (Lipinski definition) is 2. The van der Waals surface area contributed by atoms with Crippen molar-refractivity contribution >= 4 is 0 Å². The van der Waals surface area contributed by atoms with Crippen molar-refractivity contribution in [3.8, 4) is 0 Å². The topological polar surface area (TPSA) is 32.3 Å². The molecular weight excluding hydrogens is 138 g/mol. The summed E-state index contributed by atoms with van der Waals surface area (Å²) < 4.78 is 0. The van der Waals surface area contributed by atoms with E-state index in [2.05, 4.69) is 11.4 Å². The van der Waals surface area contributed by atoms with Crippen molar-refractivity contribution in [3.63, 3.8) is 0 Å². The Hall–Kier alpha value is -0.760. The van der Waals surface area contributed by atoms with Gasteiger partial charge in [0.2, 0.25) is 0 Å². The summed E-state index contributed by atoms with van der Waals surface area (Å²) in [6.45, 7) is 1.96. The first-order valence-electron chi connectivity index (χ1n) is 4.13. The van der Waals surface area contributed by atoms with Crippen LogP contribution in [0.15, 0.2) is 23.9 Å². The first-order valence-corrected chi connectivity index (χ1v) is 4.13. The van der Waals surface area contributed by atoms with Crippen LogP contribution in [-0.2, 0) is 0 Å². The van der Waals surface area contributed by atoms with Crippen molar-refractivity contribution in [2.75, 3.05) is 0 Å². The number of hydrogen-bond acceptors (Lipinski definition) is 2. The Morgan fingerprint density at radius 3 is 3.09 bits per heavy atom. The number of aliphatic hydroxyl groups is 1. The highest BCUT2D eigenvalue weighted by atomic mass is 16.3. The largest absolute Gasteiger partial charge is 0.374 e. The minimum absolute atomic E-state index is 0.382. The van der Waals surface area contributed by atoms with Gasteiger partial charge in [-0.15, -0.1) is 0 Å². The maximum absolute atomic E-state index is 9.23. The van der Waals surface area contributed by atoms with Crippen molar-refractivity contribution in [2.45, 2.75) is 32.4 Å². The zero-order valence-electron chi connectivity index (χ0n) is 6.88. The van der Waals surface area contributed by atoms with Crippen LogP contribution in [0.2, 0.25) is 0 Å². The molecule has 0 aromatic heterocycles. The van der Waals surface area contributed by atoms with Gasteiger partial charge in [0.1, 0.15) is 6.23 Å². The number of nitrogens with one attached hydrogen (secondary N) is 1. The number of aliphatic hydroxyl groups excluding tert-OH is 1. The molecule has 0 spiro atoms. The molecule has 1 unspecified atom stereocenters. The molecule has 2 nitrogen and oxygen atoms in total. The first-order chi connectivity index (χ1) is 5.33. The summed E-state index contributed by atoms with van der Waals surface area (Å²) in [5, 5.41) is 12.3. The predicted octanol–water partition coefficient (Wildman–Crippen LogP) is 1.54. The molecule has 11 heavy (non-hydrogen) atoms. The molecule has 2 N–H and O–H groups in total. The zero-order valence-corrected chi connectivity index (χ0v) is 6.88. The van der Waals surface area contributed by atoms with Crippen LogP contribution < -0.4 is 5.32 Å². The van der Waals surface area contributed by atoms with Crippen molar-refractivity contribution in [1.29, 1.82) is 0 Å². The van der Waals surface area contributed by atoms with E-state index in [1.54, 1.807) is 0 Å². The van der Waals surface area contributed by atoms with Crippen LogP contribution in [0, 0.1) is 0 Å². The van der Waals surface area contributed by atoms with Gasteiger partial charge in [-0.1, -0.05) is 19.1 Å². The highest BCUT2D eigenvalue weighted by Crippen LogP contribution is 2.09. The Morgan fingerprint density at radius 1 is 1.73 bits per heavy atom. The van der Waals surface area contributed by atoms with E-state index in [-0.39, 0.29) is 6.23 Å².